The smallest absolute Gasteiger partial charge is 0.156 e. The molecule has 0 saturated carbocycles. The Kier molecular flexibility index (Phi) is 4.10. The summed E-state index contributed by atoms with van der Waals surface area (Å²) in [5, 5.41) is 4.21. The van der Waals surface area contributed by atoms with Crippen LogP contribution in [0.2, 0.25) is 0 Å². The minimum atomic E-state index is -0.200. The van der Waals surface area contributed by atoms with Gasteiger partial charge in [-0.2, -0.15) is 5.10 Å². The normalized spacial score (nSPS) is 23.8. The lowest BCUT2D eigenvalue weighted by molar-refractivity contribution is -0.120. The summed E-state index contributed by atoms with van der Waals surface area (Å²) < 4.78 is 1.67. The van der Waals surface area contributed by atoms with Gasteiger partial charge in [0.2, 0.25) is 0 Å². The molecule has 0 aliphatic carbocycles. The highest BCUT2D eigenvalue weighted by Crippen LogP contribution is 2.39. The number of ketones is 1. The van der Waals surface area contributed by atoms with Gasteiger partial charge in [-0.15, -0.1) is 11.8 Å². The highest BCUT2D eigenvalue weighted by atomic mass is 32.2. The van der Waals surface area contributed by atoms with Crippen molar-refractivity contribution in [2.24, 2.45) is 5.92 Å². The van der Waals surface area contributed by atoms with Gasteiger partial charge in [0.1, 0.15) is 12.2 Å². The van der Waals surface area contributed by atoms with Crippen molar-refractivity contribution in [2.45, 2.75) is 51.3 Å². The van der Waals surface area contributed by atoms with Crippen molar-refractivity contribution < 1.29 is 4.79 Å². The Labute approximate surface area is 113 Å². The summed E-state index contributed by atoms with van der Waals surface area (Å²) in [6.45, 7) is 7.17. The first-order valence-electron chi connectivity index (χ1n) is 6.55. The molecule has 0 radical (unpaired) electrons. The monoisotopic (exact) mass is 267 g/mol. The lowest BCUT2D eigenvalue weighted by atomic mass is 9.98. The Balaban J connectivity index is 2.05. The van der Waals surface area contributed by atoms with Crippen molar-refractivity contribution in [3.8, 4) is 0 Å². The van der Waals surface area contributed by atoms with E-state index in [1.165, 1.54) is 0 Å². The van der Waals surface area contributed by atoms with Crippen molar-refractivity contribution in [3.05, 3.63) is 12.2 Å². The molecule has 1 aliphatic heterocycles. The molecule has 4 nitrogen and oxygen atoms in total. The average Bonchev–Trinajstić information content (AvgIpc) is 2.89. The summed E-state index contributed by atoms with van der Waals surface area (Å²) >= 11 is 1.79. The fourth-order valence-corrected chi connectivity index (χ4v) is 3.51. The van der Waals surface area contributed by atoms with Gasteiger partial charge < -0.3 is 0 Å². The van der Waals surface area contributed by atoms with E-state index in [2.05, 4.69) is 30.9 Å². The highest BCUT2D eigenvalue weighted by Gasteiger charge is 2.37. The maximum atomic E-state index is 12.4. The maximum absolute atomic E-state index is 12.4. The van der Waals surface area contributed by atoms with Crippen LogP contribution in [0.15, 0.2) is 6.33 Å². The molecular formula is C13H21N3OS. The standard InChI is InChI=1S/C13H21N3OS/c1-10(2)8-16-12(14-9-15-16)7-11(17)13(3)5-4-6-18-13/h9-10H,4-8H2,1-3H3. The largest absolute Gasteiger partial charge is 0.298 e. The average molecular weight is 267 g/mol. The number of carbonyl (C=O) groups excluding carboxylic acids is 1. The molecule has 2 heterocycles. The molecule has 100 valence electrons. The van der Waals surface area contributed by atoms with Crippen LogP contribution in [-0.4, -0.2) is 31.0 Å². The Hall–Kier alpha value is -0.840. The summed E-state index contributed by atoms with van der Waals surface area (Å²) in [6, 6.07) is 0. The van der Waals surface area contributed by atoms with E-state index in [-0.39, 0.29) is 4.75 Å². The van der Waals surface area contributed by atoms with Crippen LogP contribution in [0.1, 0.15) is 39.4 Å². The predicted molar refractivity (Wildman–Crippen MR) is 73.7 cm³/mol. The summed E-state index contributed by atoms with van der Waals surface area (Å²) in [5.74, 6) is 2.71. The fraction of sp³-hybridized carbons (Fsp3) is 0.769. The quantitative estimate of drug-likeness (QED) is 0.821. The van der Waals surface area contributed by atoms with Crippen LogP contribution in [0.25, 0.3) is 0 Å². The van der Waals surface area contributed by atoms with Crippen LogP contribution in [0, 0.1) is 5.92 Å². The van der Waals surface area contributed by atoms with Crippen LogP contribution in [-0.2, 0) is 17.8 Å². The molecule has 1 atom stereocenters. The van der Waals surface area contributed by atoms with E-state index in [9.17, 15) is 4.79 Å². The lowest BCUT2D eigenvalue weighted by Crippen LogP contribution is -2.31. The molecule has 0 amide bonds. The van der Waals surface area contributed by atoms with Gasteiger partial charge in [-0.1, -0.05) is 13.8 Å². The Morgan fingerprint density at radius 2 is 2.39 bits per heavy atom. The van der Waals surface area contributed by atoms with Crippen LogP contribution in [0.3, 0.4) is 0 Å². The predicted octanol–water partition coefficient (Wildman–Crippen LogP) is 2.33. The van der Waals surface area contributed by atoms with E-state index in [4.69, 9.17) is 0 Å². The van der Waals surface area contributed by atoms with Crippen LogP contribution in [0.4, 0.5) is 0 Å². The Morgan fingerprint density at radius 1 is 1.61 bits per heavy atom. The third-order valence-corrected chi connectivity index (χ3v) is 4.92. The molecule has 1 aliphatic rings. The molecule has 2 rings (SSSR count). The zero-order valence-corrected chi connectivity index (χ0v) is 12.2. The first kappa shape index (κ1) is 13.6. The number of rotatable bonds is 5. The number of carbonyl (C=O) groups is 1. The van der Waals surface area contributed by atoms with E-state index in [1.807, 2.05) is 4.68 Å². The van der Waals surface area contributed by atoms with Crippen molar-refractivity contribution in [2.75, 3.05) is 5.75 Å². The molecule has 1 saturated heterocycles. The van der Waals surface area contributed by atoms with Gasteiger partial charge in [0.15, 0.2) is 5.78 Å². The molecule has 0 N–H and O–H groups in total. The molecule has 1 unspecified atom stereocenters. The number of nitrogens with zero attached hydrogens (tertiary/aromatic N) is 3. The van der Waals surface area contributed by atoms with Gasteiger partial charge in [0, 0.05) is 6.54 Å². The Bertz CT molecular complexity index is 422. The second-order valence-corrected chi connectivity index (χ2v) is 7.13. The molecule has 0 spiro atoms. The van der Waals surface area contributed by atoms with Crippen LogP contribution >= 0.6 is 11.8 Å². The van der Waals surface area contributed by atoms with Gasteiger partial charge >= 0.3 is 0 Å². The minimum absolute atomic E-state index is 0.200. The minimum Gasteiger partial charge on any atom is -0.298 e. The molecule has 0 bridgehead atoms. The fourth-order valence-electron chi connectivity index (χ4n) is 2.25. The van der Waals surface area contributed by atoms with E-state index in [0.29, 0.717) is 18.1 Å². The first-order chi connectivity index (χ1) is 8.51. The molecule has 18 heavy (non-hydrogen) atoms. The van der Waals surface area contributed by atoms with Crippen LogP contribution in [0.5, 0.6) is 0 Å². The van der Waals surface area contributed by atoms with E-state index >= 15 is 0 Å². The Morgan fingerprint density at radius 3 is 3.00 bits per heavy atom. The molecule has 1 aromatic rings. The second kappa shape index (κ2) is 5.43. The molecule has 0 aromatic carbocycles. The summed E-state index contributed by atoms with van der Waals surface area (Å²) in [7, 11) is 0. The number of Topliss-reactive ketones (excluding diaryl/α,β-unsaturated/α-hetero) is 1. The second-order valence-electron chi connectivity index (χ2n) is 5.54. The highest BCUT2D eigenvalue weighted by molar-refractivity contribution is 8.01. The third-order valence-electron chi connectivity index (χ3n) is 3.36. The van der Waals surface area contributed by atoms with Gasteiger partial charge in [0.25, 0.3) is 0 Å². The summed E-state index contributed by atoms with van der Waals surface area (Å²) in [4.78, 5) is 16.6. The van der Waals surface area contributed by atoms with E-state index in [1.54, 1.807) is 18.1 Å². The van der Waals surface area contributed by atoms with Crippen molar-refractivity contribution >= 4 is 17.5 Å². The number of aromatic nitrogens is 3. The van der Waals surface area contributed by atoms with Gasteiger partial charge in [-0.3, -0.25) is 4.79 Å². The first-order valence-corrected chi connectivity index (χ1v) is 7.54. The van der Waals surface area contributed by atoms with Gasteiger partial charge in [-0.05, 0) is 31.4 Å². The molecular weight excluding hydrogens is 246 g/mol. The molecule has 1 fully saturated rings. The zero-order chi connectivity index (χ0) is 13.2. The summed E-state index contributed by atoms with van der Waals surface area (Å²) in [5.41, 5.74) is 0. The van der Waals surface area contributed by atoms with Crippen molar-refractivity contribution in [1.29, 1.82) is 0 Å². The van der Waals surface area contributed by atoms with E-state index in [0.717, 1.165) is 31.0 Å². The number of hydrogen-bond acceptors (Lipinski definition) is 4. The third kappa shape index (κ3) is 2.94. The summed E-state index contributed by atoms with van der Waals surface area (Å²) in [6.07, 6.45) is 4.10. The SMILES string of the molecule is CC(C)Cn1ncnc1CC(=O)C1(C)CCCS1. The maximum Gasteiger partial charge on any atom is 0.156 e. The van der Waals surface area contributed by atoms with E-state index < -0.39 is 0 Å². The van der Waals surface area contributed by atoms with Crippen molar-refractivity contribution in [3.63, 3.8) is 0 Å². The zero-order valence-electron chi connectivity index (χ0n) is 11.3. The topological polar surface area (TPSA) is 47.8 Å². The number of hydrogen-bond donors (Lipinski definition) is 0. The van der Waals surface area contributed by atoms with Gasteiger partial charge in [-0.25, -0.2) is 9.67 Å². The van der Waals surface area contributed by atoms with Crippen LogP contribution < -0.4 is 0 Å². The number of thioether (sulfide) groups is 1. The lowest BCUT2D eigenvalue weighted by Gasteiger charge is -2.20. The van der Waals surface area contributed by atoms with Crippen molar-refractivity contribution in [1.82, 2.24) is 14.8 Å². The van der Waals surface area contributed by atoms with Gasteiger partial charge in [0.05, 0.1) is 11.2 Å². The molecule has 1 aromatic heterocycles. The molecule has 5 heteroatoms.